The highest BCUT2D eigenvalue weighted by atomic mass is 16.5. The summed E-state index contributed by atoms with van der Waals surface area (Å²) in [6.45, 7) is 1.33. The van der Waals surface area contributed by atoms with Gasteiger partial charge in [0.1, 0.15) is 6.10 Å². The Hall–Kier alpha value is -2.20. The first-order chi connectivity index (χ1) is 11.8. The SMILES string of the molecule is O=C(Cc1ccccn1)N1C[C@@H](c2ccccc2)O[C@@H](C2CC2)C1. The molecule has 1 aromatic heterocycles. The standard InChI is InChI=1S/C20H22N2O2/c23-20(12-17-8-4-5-11-21-17)22-13-18(15-6-2-1-3-7-15)24-19(14-22)16-9-10-16/h1-8,11,16,18-19H,9-10,12-14H2/t18-,19+/m0/s1. The zero-order valence-corrected chi connectivity index (χ0v) is 13.7. The minimum atomic E-state index is -0.0294. The minimum Gasteiger partial charge on any atom is -0.366 e. The number of rotatable bonds is 4. The molecule has 0 bridgehead atoms. The Morgan fingerprint density at radius 1 is 1.08 bits per heavy atom. The van der Waals surface area contributed by atoms with E-state index in [4.69, 9.17) is 4.74 Å². The van der Waals surface area contributed by atoms with Gasteiger partial charge >= 0.3 is 0 Å². The lowest BCUT2D eigenvalue weighted by molar-refractivity contribution is -0.147. The van der Waals surface area contributed by atoms with Crippen LogP contribution in [-0.2, 0) is 16.0 Å². The molecule has 2 aromatic rings. The van der Waals surface area contributed by atoms with E-state index in [9.17, 15) is 4.79 Å². The van der Waals surface area contributed by atoms with E-state index >= 15 is 0 Å². The van der Waals surface area contributed by atoms with E-state index in [0.717, 1.165) is 11.3 Å². The van der Waals surface area contributed by atoms with E-state index in [1.807, 2.05) is 41.3 Å². The predicted octanol–water partition coefficient (Wildman–Crippen LogP) is 3.00. The molecule has 1 aromatic carbocycles. The fraction of sp³-hybridized carbons (Fsp3) is 0.400. The van der Waals surface area contributed by atoms with E-state index in [1.54, 1.807) is 6.20 Å². The van der Waals surface area contributed by atoms with Gasteiger partial charge in [-0.15, -0.1) is 0 Å². The van der Waals surface area contributed by atoms with Gasteiger partial charge in [-0.2, -0.15) is 0 Å². The van der Waals surface area contributed by atoms with Crippen molar-refractivity contribution in [3.63, 3.8) is 0 Å². The molecule has 4 rings (SSSR count). The zero-order chi connectivity index (χ0) is 16.4. The quantitative estimate of drug-likeness (QED) is 0.869. The fourth-order valence-electron chi connectivity index (χ4n) is 3.34. The van der Waals surface area contributed by atoms with Gasteiger partial charge in [0, 0.05) is 18.4 Å². The first kappa shape index (κ1) is 15.3. The number of benzene rings is 1. The highest BCUT2D eigenvalue weighted by Crippen LogP contribution is 2.39. The zero-order valence-electron chi connectivity index (χ0n) is 13.7. The molecule has 2 atom stereocenters. The van der Waals surface area contributed by atoms with E-state index in [2.05, 4.69) is 17.1 Å². The van der Waals surface area contributed by atoms with E-state index in [1.165, 1.54) is 12.8 Å². The third kappa shape index (κ3) is 3.49. The van der Waals surface area contributed by atoms with Crippen LogP contribution in [0.3, 0.4) is 0 Å². The van der Waals surface area contributed by atoms with Gasteiger partial charge in [0.15, 0.2) is 0 Å². The van der Waals surface area contributed by atoms with Crippen LogP contribution < -0.4 is 0 Å². The summed E-state index contributed by atoms with van der Waals surface area (Å²) in [6, 6.07) is 15.9. The molecule has 0 radical (unpaired) electrons. The lowest BCUT2D eigenvalue weighted by Gasteiger charge is -2.38. The van der Waals surface area contributed by atoms with Gasteiger partial charge in [-0.05, 0) is 36.5 Å². The number of carbonyl (C=O) groups is 1. The van der Waals surface area contributed by atoms with Crippen molar-refractivity contribution in [2.75, 3.05) is 13.1 Å². The molecule has 1 amide bonds. The van der Waals surface area contributed by atoms with Crippen LogP contribution in [0.4, 0.5) is 0 Å². The van der Waals surface area contributed by atoms with E-state index < -0.39 is 0 Å². The second-order valence-corrected chi connectivity index (χ2v) is 6.71. The Morgan fingerprint density at radius 2 is 1.88 bits per heavy atom. The molecule has 4 nitrogen and oxygen atoms in total. The van der Waals surface area contributed by atoms with Gasteiger partial charge in [0.05, 0.1) is 19.1 Å². The van der Waals surface area contributed by atoms with Gasteiger partial charge in [-0.1, -0.05) is 36.4 Å². The highest BCUT2D eigenvalue weighted by Gasteiger charge is 2.40. The van der Waals surface area contributed by atoms with Crippen molar-refractivity contribution in [2.24, 2.45) is 5.92 Å². The van der Waals surface area contributed by atoms with Crippen LogP contribution in [0.25, 0.3) is 0 Å². The van der Waals surface area contributed by atoms with E-state index in [0.29, 0.717) is 25.4 Å². The molecule has 1 aliphatic carbocycles. The largest absolute Gasteiger partial charge is 0.366 e. The number of hydrogen-bond acceptors (Lipinski definition) is 3. The van der Waals surface area contributed by atoms with Crippen molar-refractivity contribution >= 4 is 5.91 Å². The van der Waals surface area contributed by atoms with E-state index in [-0.39, 0.29) is 18.1 Å². The maximum atomic E-state index is 12.8. The maximum absolute atomic E-state index is 12.8. The first-order valence-electron chi connectivity index (χ1n) is 8.67. The number of nitrogens with zero attached hydrogens (tertiary/aromatic N) is 2. The van der Waals surface area contributed by atoms with Gasteiger partial charge in [0.25, 0.3) is 0 Å². The van der Waals surface area contributed by atoms with Crippen LogP contribution in [0.1, 0.15) is 30.2 Å². The average molecular weight is 322 g/mol. The number of ether oxygens (including phenoxy) is 1. The Bertz CT molecular complexity index is 685. The normalized spacial score (nSPS) is 23.9. The molecule has 1 saturated heterocycles. The predicted molar refractivity (Wildman–Crippen MR) is 91.3 cm³/mol. The molecule has 0 spiro atoms. The van der Waals surface area contributed by atoms with Crippen LogP contribution in [0.15, 0.2) is 54.7 Å². The number of carbonyl (C=O) groups excluding carboxylic acids is 1. The van der Waals surface area contributed by atoms with Crippen LogP contribution in [0, 0.1) is 5.92 Å². The number of pyridine rings is 1. The third-order valence-electron chi connectivity index (χ3n) is 4.86. The molecule has 0 unspecified atom stereocenters. The number of amides is 1. The third-order valence-corrected chi connectivity index (χ3v) is 4.86. The molecule has 2 fully saturated rings. The topological polar surface area (TPSA) is 42.4 Å². The van der Waals surface area contributed by atoms with Crippen molar-refractivity contribution in [1.29, 1.82) is 0 Å². The molecular weight excluding hydrogens is 300 g/mol. The summed E-state index contributed by atoms with van der Waals surface area (Å²) in [5, 5.41) is 0. The summed E-state index contributed by atoms with van der Waals surface area (Å²) in [5.74, 6) is 0.755. The lowest BCUT2D eigenvalue weighted by Crippen LogP contribution is -2.48. The number of aromatic nitrogens is 1. The summed E-state index contributed by atoms with van der Waals surface area (Å²) < 4.78 is 6.32. The van der Waals surface area contributed by atoms with Crippen molar-refractivity contribution in [3.05, 3.63) is 66.0 Å². The van der Waals surface area contributed by atoms with Crippen LogP contribution in [0.5, 0.6) is 0 Å². The molecule has 1 aliphatic heterocycles. The Labute approximate surface area is 142 Å². The summed E-state index contributed by atoms with van der Waals surface area (Å²) in [7, 11) is 0. The summed E-state index contributed by atoms with van der Waals surface area (Å²) in [5.41, 5.74) is 1.98. The number of hydrogen-bond donors (Lipinski definition) is 0. The average Bonchev–Trinajstić information content (AvgIpc) is 3.48. The summed E-state index contributed by atoms with van der Waals surface area (Å²) in [6.07, 6.45) is 4.67. The first-order valence-corrected chi connectivity index (χ1v) is 8.67. The molecule has 2 heterocycles. The van der Waals surface area contributed by atoms with Crippen LogP contribution in [0.2, 0.25) is 0 Å². The van der Waals surface area contributed by atoms with Crippen molar-refractivity contribution < 1.29 is 9.53 Å². The van der Waals surface area contributed by atoms with Crippen LogP contribution in [-0.4, -0.2) is 35.0 Å². The second kappa shape index (κ2) is 6.73. The molecular formula is C20H22N2O2. The van der Waals surface area contributed by atoms with Gasteiger partial charge < -0.3 is 9.64 Å². The molecule has 124 valence electrons. The van der Waals surface area contributed by atoms with Crippen molar-refractivity contribution in [2.45, 2.75) is 31.5 Å². The van der Waals surface area contributed by atoms with Crippen LogP contribution >= 0.6 is 0 Å². The monoisotopic (exact) mass is 322 g/mol. The Balaban J connectivity index is 1.50. The van der Waals surface area contributed by atoms with Gasteiger partial charge in [-0.25, -0.2) is 0 Å². The Morgan fingerprint density at radius 3 is 2.58 bits per heavy atom. The lowest BCUT2D eigenvalue weighted by atomic mass is 10.0. The molecule has 1 saturated carbocycles. The molecule has 24 heavy (non-hydrogen) atoms. The van der Waals surface area contributed by atoms with Gasteiger partial charge in [0.2, 0.25) is 5.91 Å². The van der Waals surface area contributed by atoms with Crippen molar-refractivity contribution in [1.82, 2.24) is 9.88 Å². The number of morpholine rings is 1. The summed E-state index contributed by atoms with van der Waals surface area (Å²) >= 11 is 0. The maximum Gasteiger partial charge on any atom is 0.228 e. The smallest absolute Gasteiger partial charge is 0.228 e. The highest BCUT2D eigenvalue weighted by molar-refractivity contribution is 5.78. The van der Waals surface area contributed by atoms with Crippen molar-refractivity contribution in [3.8, 4) is 0 Å². The molecule has 2 aliphatic rings. The summed E-state index contributed by atoms with van der Waals surface area (Å²) in [4.78, 5) is 19.0. The fourth-order valence-corrected chi connectivity index (χ4v) is 3.34. The molecule has 4 heteroatoms. The molecule has 0 N–H and O–H groups in total. The minimum absolute atomic E-state index is 0.0294. The van der Waals surface area contributed by atoms with Gasteiger partial charge in [-0.3, -0.25) is 9.78 Å². The Kier molecular flexibility index (Phi) is 4.30. The second-order valence-electron chi connectivity index (χ2n) is 6.71.